The van der Waals surface area contributed by atoms with E-state index in [2.05, 4.69) is 5.32 Å². The largest absolute Gasteiger partial charge is 0.380 e. The maximum Gasteiger partial charge on any atom is 0.253 e. The molecule has 1 aromatic rings. The number of fused-ring (bicyclic) bond motifs is 1. The Morgan fingerprint density at radius 2 is 2.17 bits per heavy atom. The molecule has 1 unspecified atom stereocenters. The number of nitrogens with one attached hydrogen (secondary N) is 1. The van der Waals surface area contributed by atoms with Crippen molar-refractivity contribution in [1.82, 2.24) is 9.62 Å². The van der Waals surface area contributed by atoms with Crippen molar-refractivity contribution in [1.29, 1.82) is 0 Å². The van der Waals surface area contributed by atoms with Crippen LogP contribution in [0.2, 0.25) is 0 Å². The summed E-state index contributed by atoms with van der Waals surface area (Å²) in [6.45, 7) is 5.80. The Morgan fingerprint density at radius 1 is 1.46 bits per heavy atom. The predicted octanol–water partition coefficient (Wildman–Crippen LogP) is 0.477. The number of nitrogens with zero attached hydrogens (tertiary/aromatic N) is 1. The molecule has 0 spiro atoms. The average molecular weight is 398 g/mol. The van der Waals surface area contributed by atoms with Gasteiger partial charge in [0.15, 0.2) is 0 Å². The lowest BCUT2D eigenvalue weighted by Gasteiger charge is -2.32. The molecular weight excluding hydrogens is 374 g/mol. The van der Waals surface area contributed by atoms with Crippen molar-refractivity contribution in [2.45, 2.75) is 34.7 Å². The summed E-state index contributed by atoms with van der Waals surface area (Å²) in [5.41, 5.74) is 0.477. The molecule has 0 fully saturated rings. The zero-order chi connectivity index (χ0) is 18.0. The average Bonchev–Trinajstić information content (AvgIpc) is 2.95. The molecule has 2 heterocycles. The highest BCUT2D eigenvalue weighted by atomic mass is 32.3. The molecule has 0 amide bonds. The lowest BCUT2D eigenvalue weighted by Crippen LogP contribution is -2.44. The quantitative estimate of drug-likeness (QED) is 0.616. The maximum absolute atomic E-state index is 12.8. The van der Waals surface area contributed by atoms with Crippen LogP contribution in [0.1, 0.15) is 31.9 Å². The van der Waals surface area contributed by atoms with E-state index in [1.807, 2.05) is 13.8 Å². The first-order valence-electron chi connectivity index (χ1n) is 7.69. The van der Waals surface area contributed by atoms with Crippen LogP contribution < -0.4 is 10.5 Å². The number of thiophene rings is 1. The van der Waals surface area contributed by atoms with E-state index in [-0.39, 0.29) is 27.5 Å². The van der Waals surface area contributed by atoms with Gasteiger partial charge >= 0.3 is 0 Å². The van der Waals surface area contributed by atoms with Crippen LogP contribution in [0.4, 0.5) is 0 Å². The van der Waals surface area contributed by atoms with Crippen LogP contribution >= 0.6 is 11.3 Å². The molecule has 0 aliphatic carbocycles. The van der Waals surface area contributed by atoms with Gasteiger partial charge in [0.1, 0.15) is 8.42 Å². The van der Waals surface area contributed by atoms with Crippen molar-refractivity contribution < 1.29 is 21.6 Å². The van der Waals surface area contributed by atoms with E-state index in [0.29, 0.717) is 36.7 Å². The standard InChI is InChI=1S/C13H23N3O5S3/c1-3-5-15-11-9-16(6-7-21-4-2)24(19,20)13-10(11)8-12(22-13)23(14,17)18/h8,11,15H,3-7,9H2,1-2H3,(H2,14,17,18). The second kappa shape index (κ2) is 7.77. The number of rotatable bonds is 8. The smallest absolute Gasteiger partial charge is 0.253 e. The second-order valence-electron chi connectivity index (χ2n) is 5.42. The van der Waals surface area contributed by atoms with Gasteiger partial charge < -0.3 is 10.1 Å². The van der Waals surface area contributed by atoms with Gasteiger partial charge in [0.05, 0.1) is 6.61 Å². The molecule has 0 aromatic carbocycles. The molecule has 1 atom stereocenters. The third-order valence-electron chi connectivity index (χ3n) is 3.65. The summed E-state index contributed by atoms with van der Waals surface area (Å²) in [4.78, 5) is 0. The Hall–Kier alpha value is -0.560. The minimum absolute atomic E-state index is 0.0443. The number of hydrogen-bond acceptors (Lipinski definition) is 7. The van der Waals surface area contributed by atoms with Crippen molar-refractivity contribution in [2.75, 3.05) is 32.8 Å². The molecule has 11 heteroatoms. The molecule has 8 nitrogen and oxygen atoms in total. The summed E-state index contributed by atoms with van der Waals surface area (Å²) in [6, 6.07) is 1.11. The van der Waals surface area contributed by atoms with Crippen molar-refractivity contribution in [3.05, 3.63) is 11.6 Å². The predicted molar refractivity (Wildman–Crippen MR) is 92.0 cm³/mol. The monoisotopic (exact) mass is 397 g/mol. The molecule has 1 aromatic heterocycles. The van der Waals surface area contributed by atoms with E-state index in [1.54, 1.807) is 0 Å². The second-order valence-corrected chi connectivity index (χ2v) is 10.4. The minimum atomic E-state index is -3.95. The van der Waals surface area contributed by atoms with E-state index < -0.39 is 20.0 Å². The zero-order valence-electron chi connectivity index (χ0n) is 13.7. The number of hydrogen-bond donors (Lipinski definition) is 2. The Labute approximate surface area is 147 Å². The number of sulfonamides is 2. The Morgan fingerprint density at radius 3 is 2.75 bits per heavy atom. The van der Waals surface area contributed by atoms with Crippen LogP contribution in [0.15, 0.2) is 14.5 Å². The van der Waals surface area contributed by atoms with Crippen LogP contribution in [0, 0.1) is 0 Å². The molecule has 0 bridgehead atoms. The van der Waals surface area contributed by atoms with E-state index >= 15 is 0 Å². The molecule has 3 N–H and O–H groups in total. The molecule has 1 aliphatic heterocycles. The van der Waals surface area contributed by atoms with Gasteiger partial charge in [-0.05, 0) is 26.0 Å². The zero-order valence-corrected chi connectivity index (χ0v) is 16.1. The van der Waals surface area contributed by atoms with E-state index in [4.69, 9.17) is 9.88 Å². The normalized spacial score (nSPS) is 20.9. The molecule has 2 rings (SSSR count). The fourth-order valence-electron chi connectivity index (χ4n) is 2.48. The van der Waals surface area contributed by atoms with Crippen LogP contribution in [0.25, 0.3) is 0 Å². The van der Waals surface area contributed by atoms with Gasteiger partial charge in [-0.1, -0.05) is 6.92 Å². The van der Waals surface area contributed by atoms with Crippen molar-refractivity contribution in [3.63, 3.8) is 0 Å². The Balaban J connectivity index is 2.42. The summed E-state index contributed by atoms with van der Waals surface area (Å²) in [7, 11) is -7.70. The van der Waals surface area contributed by atoms with Gasteiger partial charge in [0.25, 0.3) is 10.0 Å². The highest BCUT2D eigenvalue weighted by Gasteiger charge is 2.39. The van der Waals surface area contributed by atoms with Gasteiger partial charge in [0, 0.05) is 31.3 Å². The van der Waals surface area contributed by atoms with E-state index in [1.165, 1.54) is 10.4 Å². The molecule has 0 radical (unpaired) electrons. The maximum atomic E-state index is 12.8. The molecule has 138 valence electrons. The van der Waals surface area contributed by atoms with Crippen LogP contribution in [0.5, 0.6) is 0 Å². The first-order valence-corrected chi connectivity index (χ1v) is 11.5. The summed E-state index contributed by atoms with van der Waals surface area (Å²) >= 11 is 0.706. The highest BCUT2D eigenvalue weighted by Crippen LogP contribution is 2.39. The summed E-state index contributed by atoms with van der Waals surface area (Å²) in [5.74, 6) is 0. The number of nitrogens with two attached hydrogens (primary N) is 1. The lowest BCUT2D eigenvalue weighted by atomic mass is 10.1. The summed E-state index contributed by atoms with van der Waals surface area (Å²) < 4.78 is 55.3. The minimum Gasteiger partial charge on any atom is -0.380 e. The SMILES string of the molecule is CCCNC1CN(CCOCC)S(=O)(=O)c2sc(S(N)(=O)=O)cc21. The van der Waals surface area contributed by atoms with Crippen LogP contribution in [-0.2, 0) is 24.8 Å². The fraction of sp³-hybridized carbons (Fsp3) is 0.692. The Kier molecular flexibility index (Phi) is 6.40. The van der Waals surface area contributed by atoms with Gasteiger partial charge in [-0.2, -0.15) is 4.31 Å². The van der Waals surface area contributed by atoms with Gasteiger partial charge in [0.2, 0.25) is 10.0 Å². The van der Waals surface area contributed by atoms with Crippen molar-refractivity contribution >= 4 is 31.4 Å². The van der Waals surface area contributed by atoms with Crippen molar-refractivity contribution in [3.8, 4) is 0 Å². The first-order chi connectivity index (χ1) is 11.2. The molecule has 1 aliphatic rings. The highest BCUT2D eigenvalue weighted by molar-refractivity contribution is 7.94. The van der Waals surface area contributed by atoms with Crippen LogP contribution in [0.3, 0.4) is 0 Å². The fourth-order valence-corrected chi connectivity index (χ4v) is 6.74. The van der Waals surface area contributed by atoms with Crippen LogP contribution in [-0.4, -0.2) is 54.0 Å². The lowest BCUT2D eigenvalue weighted by molar-refractivity contribution is 0.131. The van der Waals surface area contributed by atoms with E-state index in [9.17, 15) is 16.8 Å². The molecule has 24 heavy (non-hydrogen) atoms. The first kappa shape index (κ1) is 19.8. The summed E-state index contributed by atoms with van der Waals surface area (Å²) in [6.07, 6.45) is 0.879. The van der Waals surface area contributed by atoms with Gasteiger partial charge in [-0.25, -0.2) is 22.0 Å². The molecule has 0 saturated heterocycles. The third kappa shape index (κ3) is 4.15. The van der Waals surface area contributed by atoms with Crippen molar-refractivity contribution in [2.24, 2.45) is 5.14 Å². The number of primary sulfonamides is 1. The summed E-state index contributed by atoms with van der Waals surface area (Å²) in [5, 5.41) is 8.44. The topological polar surface area (TPSA) is 119 Å². The number of ether oxygens (including phenoxy) is 1. The van der Waals surface area contributed by atoms with Gasteiger partial charge in [-0.3, -0.25) is 0 Å². The van der Waals surface area contributed by atoms with Gasteiger partial charge in [-0.15, -0.1) is 11.3 Å². The van der Waals surface area contributed by atoms with E-state index in [0.717, 1.165) is 6.42 Å². The molecular formula is C13H23N3O5S3. The molecule has 0 saturated carbocycles. The Bertz CT molecular complexity index is 773. The third-order valence-corrected chi connectivity index (χ3v) is 8.61.